The van der Waals surface area contributed by atoms with Gasteiger partial charge in [-0.05, 0) is 30.2 Å². The van der Waals surface area contributed by atoms with Crippen LogP contribution in [0.25, 0.3) is 0 Å². The number of rotatable bonds is 8. The Labute approximate surface area is 118 Å². The third kappa shape index (κ3) is 4.17. The Balaban J connectivity index is 2.31. The van der Waals surface area contributed by atoms with Crippen LogP contribution in [0.4, 0.5) is 0 Å². The van der Waals surface area contributed by atoms with Gasteiger partial charge < -0.3 is 5.32 Å². The highest BCUT2D eigenvalue weighted by Gasteiger charge is 2.65. The summed E-state index contributed by atoms with van der Waals surface area (Å²) in [6, 6.07) is 0.529. The van der Waals surface area contributed by atoms with Gasteiger partial charge in [0, 0.05) is 12.1 Å². The Kier molecular flexibility index (Phi) is 5.08. The van der Waals surface area contributed by atoms with E-state index >= 15 is 0 Å². The molecule has 4 nitrogen and oxygen atoms in total. The Hall–Kier alpha value is -0.130. The molecule has 1 rings (SSSR count). The van der Waals surface area contributed by atoms with Crippen molar-refractivity contribution < 1.29 is 8.42 Å². The summed E-state index contributed by atoms with van der Waals surface area (Å²) in [5.74, 6) is 0.232. The number of unbranched alkanes of at least 4 members (excludes halogenated alkanes) is 1. The molecule has 2 N–H and O–H groups in total. The van der Waals surface area contributed by atoms with Crippen LogP contribution in [-0.4, -0.2) is 32.8 Å². The highest BCUT2D eigenvalue weighted by molar-refractivity contribution is 7.89. The number of nitrogens with one attached hydrogen (secondary N) is 2. The van der Waals surface area contributed by atoms with E-state index in [9.17, 15) is 8.42 Å². The lowest BCUT2D eigenvalue weighted by molar-refractivity contribution is 0.457. The van der Waals surface area contributed by atoms with Crippen LogP contribution in [-0.2, 0) is 10.0 Å². The summed E-state index contributed by atoms with van der Waals surface area (Å²) in [6.07, 6.45) is 1.61. The summed E-state index contributed by atoms with van der Waals surface area (Å²) in [5.41, 5.74) is 0.110. The van der Waals surface area contributed by atoms with E-state index in [2.05, 4.69) is 51.6 Å². The van der Waals surface area contributed by atoms with Gasteiger partial charge in [0.2, 0.25) is 10.0 Å². The SMILES string of the molecule is CC(C)NCCCCS(=O)(=O)NC1C(C)(C)C1(C)C. The molecule has 0 heterocycles. The molecule has 0 saturated heterocycles. The molecule has 0 radical (unpaired) electrons. The van der Waals surface area contributed by atoms with E-state index in [1.807, 2.05) is 0 Å². The number of sulfonamides is 1. The maximum atomic E-state index is 12.0. The highest BCUT2D eigenvalue weighted by atomic mass is 32.2. The molecular weight excluding hydrogens is 260 g/mol. The minimum absolute atomic E-state index is 0.0548. The van der Waals surface area contributed by atoms with Gasteiger partial charge in [-0.1, -0.05) is 41.5 Å². The number of hydrogen-bond donors (Lipinski definition) is 2. The lowest BCUT2D eigenvalue weighted by Crippen LogP contribution is -2.32. The molecule has 5 heteroatoms. The first kappa shape index (κ1) is 16.9. The Bertz CT molecular complexity index is 386. The molecule has 0 aliphatic heterocycles. The standard InChI is InChI=1S/C14H30N2O2S/c1-11(2)15-9-7-8-10-19(17,18)16-12-13(3,4)14(12,5)6/h11-12,15-16H,7-10H2,1-6H3. The molecule has 0 amide bonds. The van der Waals surface area contributed by atoms with E-state index in [0.29, 0.717) is 12.5 Å². The molecule has 1 saturated carbocycles. The minimum Gasteiger partial charge on any atom is -0.315 e. The molecule has 1 aliphatic rings. The van der Waals surface area contributed by atoms with E-state index in [0.717, 1.165) is 13.0 Å². The van der Waals surface area contributed by atoms with Gasteiger partial charge in [-0.3, -0.25) is 0 Å². The van der Waals surface area contributed by atoms with Crippen LogP contribution in [0.1, 0.15) is 54.4 Å². The van der Waals surface area contributed by atoms with E-state index in [-0.39, 0.29) is 22.6 Å². The average Bonchev–Trinajstić information content (AvgIpc) is 2.59. The Morgan fingerprint density at radius 2 is 1.58 bits per heavy atom. The second kappa shape index (κ2) is 5.70. The molecule has 114 valence electrons. The fourth-order valence-electron chi connectivity index (χ4n) is 2.54. The van der Waals surface area contributed by atoms with E-state index in [1.165, 1.54) is 0 Å². The normalized spacial score (nSPS) is 21.8. The van der Waals surface area contributed by atoms with Crippen LogP contribution in [0.5, 0.6) is 0 Å². The summed E-state index contributed by atoms with van der Waals surface area (Å²) < 4.78 is 26.9. The highest BCUT2D eigenvalue weighted by Crippen LogP contribution is 2.62. The second-order valence-corrected chi connectivity index (χ2v) is 9.00. The van der Waals surface area contributed by atoms with Gasteiger partial charge in [-0.15, -0.1) is 0 Å². The van der Waals surface area contributed by atoms with Crippen molar-refractivity contribution in [3.05, 3.63) is 0 Å². The Morgan fingerprint density at radius 1 is 1.05 bits per heavy atom. The third-order valence-corrected chi connectivity index (χ3v) is 6.13. The summed E-state index contributed by atoms with van der Waals surface area (Å²) in [6.45, 7) is 13.5. The van der Waals surface area contributed by atoms with Gasteiger partial charge in [-0.2, -0.15) is 0 Å². The van der Waals surface area contributed by atoms with Gasteiger partial charge in [0.25, 0.3) is 0 Å². The molecule has 0 bridgehead atoms. The van der Waals surface area contributed by atoms with Crippen molar-refractivity contribution >= 4 is 10.0 Å². The molecule has 1 aliphatic carbocycles. The number of hydrogen-bond acceptors (Lipinski definition) is 3. The first-order valence-corrected chi connectivity index (χ1v) is 8.89. The van der Waals surface area contributed by atoms with Crippen LogP contribution in [0.2, 0.25) is 0 Å². The second-order valence-electron chi connectivity index (χ2n) is 7.13. The van der Waals surface area contributed by atoms with Crippen molar-refractivity contribution in [3.8, 4) is 0 Å². The lowest BCUT2D eigenvalue weighted by atomic mass is 10.0. The summed E-state index contributed by atoms with van der Waals surface area (Å²) >= 11 is 0. The van der Waals surface area contributed by atoms with Crippen molar-refractivity contribution in [1.82, 2.24) is 10.0 Å². The van der Waals surface area contributed by atoms with Gasteiger partial charge in [0.1, 0.15) is 0 Å². The van der Waals surface area contributed by atoms with E-state index in [4.69, 9.17) is 0 Å². The quantitative estimate of drug-likeness (QED) is 0.673. The first-order valence-electron chi connectivity index (χ1n) is 7.24. The lowest BCUT2D eigenvalue weighted by Gasteiger charge is -2.09. The molecule has 1 fully saturated rings. The zero-order valence-electron chi connectivity index (χ0n) is 13.2. The van der Waals surface area contributed by atoms with Crippen LogP contribution in [0.3, 0.4) is 0 Å². The van der Waals surface area contributed by atoms with Crippen molar-refractivity contribution in [2.75, 3.05) is 12.3 Å². The summed E-state index contributed by atoms with van der Waals surface area (Å²) in [5, 5.41) is 3.30. The summed E-state index contributed by atoms with van der Waals surface area (Å²) in [7, 11) is -3.14. The Morgan fingerprint density at radius 3 is 2.00 bits per heavy atom. The molecule has 19 heavy (non-hydrogen) atoms. The van der Waals surface area contributed by atoms with Crippen molar-refractivity contribution in [1.29, 1.82) is 0 Å². The van der Waals surface area contributed by atoms with Gasteiger partial charge >= 0.3 is 0 Å². The van der Waals surface area contributed by atoms with E-state index < -0.39 is 10.0 Å². The molecule has 0 aromatic carbocycles. The van der Waals surface area contributed by atoms with Crippen LogP contribution < -0.4 is 10.0 Å². The monoisotopic (exact) mass is 290 g/mol. The zero-order valence-corrected chi connectivity index (χ0v) is 14.0. The zero-order chi connectivity index (χ0) is 14.9. The fraction of sp³-hybridized carbons (Fsp3) is 1.00. The maximum absolute atomic E-state index is 12.0. The predicted molar refractivity (Wildman–Crippen MR) is 80.6 cm³/mol. The third-order valence-electron chi connectivity index (χ3n) is 4.71. The van der Waals surface area contributed by atoms with Crippen LogP contribution >= 0.6 is 0 Å². The van der Waals surface area contributed by atoms with Gasteiger partial charge in [-0.25, -0.2) is 13.1 Å². The van der Waals surface area contributed by atoms with Crippen molar-refractivity contribution in [2.24, 2.45) is 10.8 Å². The topological polar surface area (TPSA) is 58.2 Å². The molecule has 0 aromatic heterocycles. The molecular formula is C14H30N2O2S. The fourth-order valence-corrected chi connectivity index (χ4v) is 4.19. The van der Waals surface area contributed by atoms with Crippen molar-refractivity contribution in [2.45, 2.75) is 66.5 Å². The minimum atomic E-state index is -3.14. The van der Waals surface area contributed by atoms with E-state index in [1.54, 1.807) is 0 Å². The first-order chi connectivity index (χ1) is 8.51. The largest absolute Gasteiger partial charge is 0.315 e. The average molecular weight is 290 g/mol. The predicted octanol–water partition coefficient (Wildman–Crippen LogP) is 2.12. The van der Waals surface area contributed by atoms with Crippen molar-refractivity contribution in [3.63, 3.8) is 0 Å². The summed E-state index contributed by atoms with van der Waals surface area (Å²) in [4.78, 5) is 0. The molecule has 0 unspecified atom stereocenters. The van der Waals surface area contributed by atoms with Gasteiger partial charge in [0.15, 0.2) is 0 Å². The van der Waals surface area contributed by atoms with Crippen LogP contribution in [0, 0.1) is 10.8 Å². The van der Waals surface area contributed by atoms with Crippen LogP contribution in [0.15, 0.2) is 0 Å². The molecule has 0 atom stereocenters. The molecule has 0 aromatic rings. The van der Waals surface area contributed by atoms with Gasteiger partial charge in [0.05, 0.1) is 5.75 Å². The smallest absolute Gasteiger partial charge is 0.211 e. The maximum Gasteiger partial charge on any atom is 0.211 e. The molecule has 0 spiro atoms.